The molecular formula is C11H15NOS2. The van der Waals surface area contributed by atoms with Crippen molar-refractivity contribution in [2.45, 2.75) is 38.4 Å². The predicted molar refractivity (Wildman–Crippen MR) is 65.8 cm³/mol. The fourth-order valence-corrected chi connectivity index (χ4v) is 3.71. The van der Waals surface area contributed by atoms with Gasteiger partial charge in [0, 0.05) is 12.2 Å². The summed E-state index contributed by atoms with van der Waals surface area (Å²) in [5.74, 6) is 2.46. The van der Waals surface area contributed by atoms with Gasteiger partial charge < -0.3 is 0 Å². The molecule has 0 spiro atoms. The molecule has 4 heteroatoms. The number of hydrogen-bond acceptors (Lipinski definition) is 4. The molecule has 1 heterocycles. The lowest BCUT2D eigenvalue weighted by Gasteiger charge is -2.06. The average Bonchev–Trinajstić information content (AvgIpc) is 2.63. The summed E-state index contributed by atoms with van der Waals surface area (Å²) in [5.41, 5.74) is 1.06. The second-order valence-corrected chi connectivity index (χ2v) is 5.90. The normalized spacial score (nSPS) is 15.4. The van der Waals surface area contributed by atoms with E-state index in [9.17, 15) is 4.79 Å². The Bertz CT molecular complexity index is 359. The molecule has 1 aromatic rings. The van der Waals surface area contributed by atoms with Gasteiger partial charge in [0.25, 0.3) is 0 Å². The van der Waals surface area contributed by atoms with E-state index in [0.29, 0.717) is 5.78 Å². The summed E-state index contributed by atoms with van der Waals surface area (Å²) in [5, 5.41) is 1.13. The third-order valence-corrected chi connectivity index (χ3v) is 4.88. The van der Waals surface area contributed by atoms with E-state index in [4.69, 9.17) is 0 Å². The Kier molecular flexibility index (Phi) is 3.81. The summed E-state index contributed by atoms with van der Waals surface area (Å²) < 4.78 is 0. The minimum absolute atomic E-state index is 0.306. The van der Waals surface area contributed by atoms with Crippen molar-refractivity contribution >= 4 is 28.9 Å². The Hall–Kier alpha value is -0.350. The first kappa shape index (κ1) is 11.1. The van der Waals surface area contributed by atoms with E-state index < -0.39 is 0 Å². The van der Waals surface area contributed by atoms with Crippen LogP contribution in [0, 0.1) is 0 Å². The van der Waals surface area contributed by atoms with Crippen LogP contribution in [0.2, 0.25) is 0 Å². The van der Waals surface area contributed by atoms with Crippen LogP contribution in [-0.2, 0) is 12.2 Å². The van der Waals surface area contributed by atoms with Gasteiger partial charge in [-0.3, -0.25) is 4.79 Å². The molecule has 2 nitrogen and oxygen atoms in total. The maximum atomic E-state index is 11.6. The van der Waals surface area contributed by atoms with Crippen LogP contribution < -0.4 is 0 Å². The van der Waals surface area contributed by atoms with Gasteiger partial charge in [0.15, 0.2) is 5.78 Å². The van der Waals surface area contributed by atoms with Gasteiger partial charge in [-0.25, -0.2) is 4.98 Å². The summed E-state index contributed by atoms with van der Waals surface area (Å²) in [7, 11) is 0. The summed E-state index contributed by atoms with van der Waals surface area (Å²) >= 11 is 3.52. The molecule has 82 valence electrons. The molecule has 0 saturated heterocycles. The number of aryl methyl sites for hydroxylation is 1. The zero-order chi connectivity index (χ0) is 10.7. The molecule has 0 bridgehead atoms. The number of Topliss-reactive ketones (excluding diaryl/α,β-unsaturated/α-hetero) is 1. The maximum absolute atomic E-state index is 11.6. The van der Waals surface area contributed by atoms with Crippen LogP contribution >= 0.6 is 23.1 Å². The Balaban J connectivity index is 2.05. The molecule has 1 aliphatic carbocycles. The molecule has 2 rings (SSSR count). The Morgan fingerprint density at radius 1 is 1.47 bits per heavy atom. The third kappa shape index (κ3) is 2.61. The summed E-state index contributed by atoms with van der Waals surface area (Å²) in [4.78, 5) is 17.1. The van der Waals surface area contributed by atoms with Gasteiger partial charge in [0.1, 0.15) is 5.01 Å². The number of rotatable bonds is 4. The molecule has 1 aliphatic rings. The molecule has 0 N–H and O–H groups in total. The van der Waals surface area contributed by atoms with Crippen LogP contribution in [0.5, 0.6) is 0 Å². The lowest BCUT2D eigenvalue weighted by atomic mass is 10.0. The topological polar surface area (TPSA) is 30.0 Å². The second kappa shape index (κ2) is 5.12. The molecule has 1 aromatic heterocycles. The number of carbonyl (C=O) groups excluding carboxylic acids is 1. The predicted octanol–water partition coefficient (Wildman–Crippen LogP) is 3.31. The summed E-state index contributed by atoms with van der Waals surface area (Å²) in [6, 6.07) is 0. The van der Waals surface area contributed by atoms with E-state index >= 15 is 0 Å². The number of thioether (sulfide) groups is 1. The standard InChI is InChI=1S/C11H15NOS2/c1-2-6-14-7-10-12-8-4-3-5-9(13)11(8)15-10/h2-7H2,1H3. The minimum Gasteiger partial charge on any atom is -0.293 e. The number of carbonyl (C=O) groups is 1. The van der Waals surface area contributed by atoms with Gasteiger partial charge in [-0.15, -0.1) is 11.3 Å². The van der Waals surface area contributed by atoms with Crippen molar-refractivity contribution in [3.63, 3.8) is 0 Å². The minimum atomic E-state index is 0.306. The Morgan fingerprint density at radius 3 is 3.07 bits per heavy atom. The molecule has 0 amide bonds. The van der Waals surface area contributed by atoms with Crippen LogP contribution in [0.4, 0.5) is 0 Å². The first-order chi connectivity index (χ1) is 7.31. The monoisotopic (exact) mass is 241 g/mol. The fraction of sp³-hybridized carbons (Fsp3) is 0.636. The van der Waals surface area contributed by atoms with Crippen LogP contribution in [0.1, 0.15) is 46.6 Å². The Labute approximate surface area is 98.5 Å². The molecule has 0 fully saturated rings. The van der Waals surface area contributed by atoms with E-state index in [1.807, 2.05) is 11.8 Å². The highest BCUT2D eigenvalue weighted by Gasteiger charge is 2.21. The molecular weight excluding hydrogens is 226 g/mol. The SMILES string of the molecule is CCCSCc1nc2c(s1)C(=O)CCC2. The van der Waals surface area contributed by atoms with Crippen LogP contribution in [0.25, 0.3) is 0 Å². The van der Waals surface area contributed by atoms with Crippen molar-refractivity contribution in [3.05, 3.63) is 15.6 Å². The smallest absolute Gasteiger partial charge is 0.174 e. The summed E-state index contributed by atoms with van der Waals surface area (Å²) in [6.45, 7) is 2.18. The lowest BCUT2D eigenvalue weighted by molar-refractivity contribution is 0.0976. The van der Waals surface area contributed by atoms with Crippen LogP contribution in [0.3, 0.4) is 0 Å². The van der Waals surface area contributed by atoms with E-state index in [1.165, 1.54) is 12.2 Å². The molecule has 0 aliphatic heterocycles. The number of nitrogens with zero attached hydrogens (tertiary/aromatic N) is 1. The van der Waals surface area contributed by atoms with Crippen LogP contribution in [-0.4, -0.2) is 16.5 Å². The molecule has 0 aromatic carbocycles. The number of fused-ring (bicyclic) bond motifs is 1. The van der Waals surface area contributed by atoms with E-state index in [-0.39, 0.29) is 0 Å². The molecule has 0 unspecified atom stereocenters. The maximum Gasteiger partial charge on any atom is 0.174 e. The lowest BCUT2D eigenvalue weighted by Crippen LogP contribution is -2.07. The van der Waals surface area contributed by atoms with Crippen molar-refractivity contribution in [2.24, 2.45) is 0 Å². The highest BCUT2D eigenvalue weighted by molar-refractivity contribution is 7.98. The highest BCUT2D eigenvalue weighted by Crippen LogP contribution is 2.28. The Morgan fingerprint density at radius 2 is 2.33 bits per heavy atom. The van der Waals surface area contributed by atoms with E-state index in [0.717, 1.165) is 40.6 Å². The van der Waals surface area contributed by atoms with Crippen molar-refractivity contribution in [1.82, 2.24) is 4.98 Å². The number of thiazole rings is 1. The number of hydrogen-bond donors (Lipinski definition) is 0. The average molecular weight is 241 g/mol. The van der Waals surface area contributed by atoms with Crippen molar-refractivity contribution in [3.8, 4) is 0 Å². The van der Waals surface area contributed by atoms with Crippen molar-refractivity contribution < 1.29 is 4.79 Å². The third-order valence-electron chi connectivity index (χ3n) is 2.39. The van der Waals surface area contributed by atoms with Gasteiger partial charge in [0.05, 0.1) is 10.6 Å². The second-order valence-electron chi connectivity index (χ2n) is 3.71. The van der Waals surface area contributed by atoms with Gasteiger partial charge in [0.2, 0.25) is 0 Å². The highest BCUT2D eigenvalue weighted by atomic mass is 32.2. The number of aromatic nitrogens is 1. The molecule has 0 atom stereocenters. The van der Waals surface area contributed by atoms with Crippen molar-refractivity contribution in [1.29, 1.82) is 0 Å². The first-order valence-electron chi connectivity index (χ1n) is 5.40. The van der Waals surface area contributed by atoms with E-state index in [2.05, 4.69) is 11.9 Å². The van der Waals surface area contributed by atoms with E-state index in [1.54, 1.807) is 11.3 Å². The zero-order valence-electron chi connectivity index (χ0n) is 8.91. The van der Waals surface area contributed by atoms with Gasteiger partial charge in [-0.1, -0.05) is 6.92 Å². The first-order valence-corrected chi connectivity index (χ1v) is 7.38. The van der Waals surface area contributed by atoms with Crippen LogP contribution in [0.15, 0.2) is 0 Å². The van der Waals surface area contributed by atoms with Gasteiger partial charge >= 0.3 is 0 Å². The molecule has 0 radical (unpaired) electrons. The van der Waals surface area contributed by atoms with Crippen molar-refractivity contribution in [2.75, 3.05) is 5.75 Å². The molecule has 15 heavy (non-hydrogen) atoms. The van der Waals surface area contributed by atoms with Gasteiger partial charge in [-0.2, -0.15) is 11.8 Å². The fourth-order valence-electron chi connectivity index (χ4n) is 1.68. The number of ketones is 1. The van der Waals surface area contributed by atoms with Gasteiger partial charge in [-0.05, 0) is 25.0 Å². The molecule has 0 saturated carbocycles. The largest absolute Gasteiger partial charge is 0.293 e. The zero-order valence-corrected chi connectivity index (χ0v) is 10.5. The quantitative estimate of drug-likeness (QED) is 0.758. The summed E-state index contributed by atoms with van der Waals surface area (Å²) in [6.07, 6.45) is 3.90.